The molecular formula is C14H15N3O2S2. The van der Waals surface area contributed by atoms with Gasteiger partial charge in [0.2, 0.25) is 5.13 Å². The highest BCUT2D eigenvalue weighted by atomic mass is 32.2. The van der Waals surface area contributed by atoms with Crippen LogP contribution in [0.1, 0.15) is 18.9 Å². The van der Waals surface area contributed by atoms with E-state index in [-0.39, 0.29) is 11.2 Å². The molecule has 0 aliphatic carbocycles. The Morgan fingerprint density at radius 3 is 2.86 bits per heavy atom. The minimum atomic E-state index is -0.153. The SMILES string of the molecule is CCc1ccc(Nc2nnc(S[C@H]3CCOC3=O)s2)cc1. The smallest absolute Gasteiger partial charge is 0.319 e. The van der Waals surface area contributed by atoms with E-state index in [9.17, 15) is 4.79 Å². The molecule has 0 bridgehead atoms. The van der Waals surface area contributed by atoms with E-state index in [0.717, 1.165) is 28.0 Å². The molecule has 1 aliphatic rings. The molecule has 2 heterocycles. The average Bonchev–Trinajstić information content (AvgIpc) is 3.10. The highest BCUT2D eigenvalue weighted by molar-refractivity contribution is 8.02. The van der Waals surface area contributed by atoms with Crippen LogP contribution < -0.4 is 5.32 Å². The molecule has 0 amide bonds. The minimum Gasteiger partial charge on any atom is -0.465 e. The number of aromatic nitrogens is 2. The summed E-state index contributed by atoms with van der Waals surface area (Å²) in [6, 6.07) is 8.24. The number of hydrogen-bond donors (Lipinski definition) is 1. The number of rotatable bonds is 5. The van der Waals surface area contributed by atoms with Crippen LogP contribution in [0, 0.1) is 0 Å². The predicted octanol–water partition coefficient (Wildman–Crippen LogP) is 3.25. The van der Waals surface area contributed by atoms with Gasteiger partial charge in [-0.1, -0.05) is 42.2 Å². The molecule has 1 atom stereocenters. The van der Waals surface area contributed by atoms with Gasteiger partial charge in [0.1, 0.15) is 5.25 Å². The van der Waals surface area contributed by atoms with Crippen LogP contribution in [-0.2, 0) is 16.0 Å². The van der Waals surface area contributed by atoms with Crippen LogP contribution in [0.25, 0.3) is 0 Å². The van der Waals surface area contributed by atoms with Crippen molar-refractivity contribution in [3.05, 3.63) is 29.8 Å². The Morgan fingerprint density at radius 2 is 2.19 bits per heavy atom. The van der Waals surface area contributed by atoms with Gasteiger partial charge in [0.25, 0.3) is 0 Å². The molecule has 5 nitrogen and oxygen atoms in total. The molecule has 0 radical (unpaired) electrons. The lowest BCUT2D eigenvalue weighted by Gasteiger charge is -2.02. The average molecular weight is 321 g/mol. The molecule has 1 N–H and O–H groups in total. The van der Waals surface area contributed by atoms with Crippen molar-refractivity contribution < 1.29 is 9.53 Å². The first kappa shape index (κ1) is 14.3. The maximum atomic E-state index is 11.4. The summed E-state index contributed by atoms with van der Waals surface area (Å²) in [6.45, 7) is 2.63. The molecule has 21 heavy (non-hydrogen) atoms. The number of benzene rings is 1. The summed E-state index contributed by atoms with van der Waals surface area (Å²) in [5, 5.41) is 12.0. The third-order valence-electron chi connectivity index (χ3n) is 3.15. The van der Waals surface area contributed by atoms with Crippen LogP contribution in [0.4, 0.5) is 10.8 Å². The molecule has 1 aromatic carbocycles. The van der Waals surface area contributed by atoms with Crippen LogP contribution in [0.3, 0.4) is 0 Å². The van der Waals surface area contributed by atoms with Crippen molar-refractivity contribution >= 4 is 39.9 Å². The highest BCUT2D eigenvalue weighted by Gasteiger charge is 2.28. The Morgan fingerprint density at radius 1 is 1.38 bits per heavy atom. The Labute approximate surface area is 131 Å². The fourth-order valence-electron chi connectivity index (χ4n) is 1.96. The monoisotopic (exact) mass is 321 g/mol. The number of nitrogens with zero attached hydrogens (tertiary/aromatic N) is 2. The highest BCUT2D eigenvalue weighted by Crippen LogP contribution is 2.33. The second-order valence-electron chi connectivity index (χ2n) is 4.61. The Kier molecular flexibility index (Phi) is 4.40. The van der Waals surface area contributed by atoms with Crippen molar-refractivity contribution in [3.8, 4) is 0 Å². The Bertz CT molecular complexity index is 627. The Hall–Kier alpha value is -1.60. The van der Waals surface area contributed by atoms with Gasteiger partial charge in [-0.25, -0.2) is 0 Å². The van der Waals surface area contributed by atoms with Crippen molar-refractivity contribution in [2.75, 3.05) is 11.9 Å². The number of cyclic esters (lactones) is 1. The minimum absolute atomic E-state index is 0.144. The third kappa shape index (κ3) is 3.54. The molecule has 7 heteroatoms. The van der Waals surface area contributed by atoms with E-state index in [4.69, 9.17) is 4.74 Å². The van der Waals surface area contributed by atoms with Crippen LogP contribution in [0.15, 0.2) is 28.6 Å². The van der Waals surface area contributed by atoms with Crippen molar-refractivity contribution in [2.45, 2.75) is 29.4 Å². The van der Waals surface area contributed by atoms with Crippen molar-refractivity contribution in [2.24, 2.45) is 0 Å². The number of thioether (sulfide) groups is 1. The zero-order chi connectivity index (χ0) is 14.7. The second-order valence-corrected chi connectivity index (χ2v) is 7.04. The lowest BCUT2D eigenvalue weighted by atomic mass is 10.1. The number of nitrogens with one attached hydrogen (secondary N) is 1. The molecular weight excluding hydrogens is 306 g/mol. The van der Waals surface area contributed by atoms with Crippen LogP contribution >= 0.6 is 23.1 Å². The van der Waals surface area contributed by atoms with E-state index in [1.807, 2.05) is 12.1 Å². The lowest BCUT2D eigenvalue weighted by Crippen LogP contribution is -2.08. The van der Waals surface area contributed by atoms with Gasteiger partial charge < -0.3 is 10.1 Å². The third-order valence-corrected chi connectivity index (χ3v) is 5.32. The van der Waals surface area contributed by atoms with Gasteiger partial charge in [0.15, 0.2) is 4.34 Å². The van der Waals surface area contributed by atoms with Crippen LogP contribution in [-0.4, -0.2) is 28.0 Å². The molecule has 0 saturated carbocycles. The van der Waals surface area contributed by atoms with Gasteiger partial charge in [-0.15, -0.1) is 10.2 Å². The number of carbonyl (C=O) groups excluding carboxylic acids is 1. The topological polar surface area (TPSA) is 64.1 Å². The number of hydrogen-bond acceptors (Lipinski definition) is 7. The molecule has 1 saturated heterocycles. The first-order valence-corrected chi connectivity index (χ1v) is 8.47. The fourth-order valence-corrected chi connectivity index (χ4v) is 3.95. The van der Waals surface area contributed by atoms with Crippen molar-refractivity contribution in [1.82, 2.24) is 10.2 Å². The predicted molar refractivity (Wildman–Crippen MR) is 84.2 cm³/mol. The molecule has 1 aliphatic heterocycles. The van der Waals surface area contributed by atoms with Gasteiger partial charge >= 0.3 is 5.97 Å². The summed E-state index contributed by atoms with van der Waals surface area (Å²) in [5.41, 5.74) is 2.29. The summed E-state index contributed by atoms with van der Waals surface area (Å²) in [5.74, 6) is -0.153. The first-order valence-electron chi connectivity index (χ1n) is 6.77. The largest absolute Gasteiger partial charge is 0.465 e. The van der Waals surface area contributed by atoms with Crippen molar-refractivity contribution in [1.29, 1.82) is 0 Å². The zero-order valence-corrected chi connectivity index (χ0v) is 13.2. The van der Waals surface area contributed by atoms with E-state index in [0.29, 0.717) is 6.61 Å². The summed E-state index contributed by atoms with van der Waals surface area (Å²) < 4.78 is 5.73. The van der Waals surface area contributed by atoms with E-state index in [1.54, 1.807) is 0 Å². The second kappa shape index (κ2) is 6.44. The van der Waals surface area contributed by atoms with E-state index in [1.165, 1.54) is 28.7 Å². The molecule has 0 spiro atoms. The number of aryl methyl sites for hydroxylation is 1. The molecule has 1 fully saturated rings. The van der Waals surface area contributed by atoms with Crippen LogP contribution in [0.2, 0.25) is 0 Å². The Balaban J connectivity index is 1.62. The van der Waals surface area contributed by atoms with E-state index in [2.05, 4.69) is 34.6 Å². The summed E-state index contributed by atoms with van der Waals surface area (Å²) in [7, 11) is 0. The van der Waals surface area contributed by atoms with Gasteiger partial charge in [0.05, 0.1) is 6.61 Å². The zero-order valence-electron chi connectivity index (χ0n) is 11.5. The molecule has 2 aromatic rings. The van der Waals surface area contributed by atoms with Gasteiger partial charge in [-0.3, -0.25) is 4.79 Å². The van der Waals surface area contributed by atoms with Gasteiger partial charge in [-0.05, 0) is 24.1 Å². The summed E-state index contributed by atoms with van der Waals surface area (Å²) in [4.78, 5) is 11.4. The summed E-state index contributed by atoms with van der Waals surface area (Å²) in [6.07, 6.45) is 1.77. The molecule has 0 unspecified atom stereocenters. The molecule has 110 valence electrons. The number of ether oxygens (including phenoxy) is 1. The van der Waals surface area contributed by atoms with Crippen molar-refractivity contribution in [3.63, 3.8) is 0 Å². The van der Waals surface area contributed by atoms with Gasteiger partial charge in [0, 0.05) is 12.1 Å². The number of carbonyl (C=O) groups is 1. The standard InChI is InChI=1S/C14H15N3O2S2/c1-2-9-3-5-10(6-4-9)15-13-16-17-14(21-13)20-11-7-8-19-12(11)18/h3-6,11H,2,7-8H2,1H3,(H,15,16)/t11-/m0/s1. The van der Waals surface area contributed by atoms with Gasteiger partial charge in [-0.2, -0.15) is 0 Å². The maximum Gasteiger partial charge on any atom is 0.319 e. The molecule has 3 rings (SSSR count). The van der Waals surface area contributed by atoms with E-state index < -0.39 is 0 Å². The number of anilines is 2. The van der Waals surface area contributed by atoms with E-state index >= 15 is 0 Å². The lowest BCUT2D eigenvalue weighted by molar-refractivity contribution is -0.137. The maximum absolute atomic E-state index is 11.4. The quantitative estimate of drug-likeness (QED) is 0.853. The summed E-state index contributed by atoms with van der Waals surface area (Å²) >= 11 is 2.88. The first-order chi connectivity index (χ1) is 10.2. The molecule has 1 aromatic heterocycles. The normalized spacial score (nSPS) is 17.8. The number of esters is 1. The van der Waals surface area contributed by atoms with Crippen LogP contribution in [0.5, 0.6) is 0 Å². The fraction of sp³-hybridized carbons (Fsp3) is 0.357.